The van der Waals surface area contributed by atoms with E-state index in [2.05, 4.69) is 26.0 Å². The summed E-state index contributed by atoms with van der Waals surface area (Å²) in [6, 6.07) is 0. The van der Waals surface area contributed by atoms with Crippen LogP contribution in [-0.4, -0.2) is 0 Å². The minimum atomic E-state index is 0. The van der Waals surface area contributed by atoms with E-state index in [4.69, 9.17) is 0 Å². The number of rotatable bonds is 6. The highest BCUT2D eigenvalue weighted by Gasteiger charge is 1.80. The third-order valence-electron chi connectivity index (χ3n) is 1.60. The minimum absolute atomic E-state index is 0. The molecule has 0 rings (SSSR count). The summed E-state index contributed by atoms with van der Waals surface area (Å²) in [6.07, 6.45) is 12.5. The Kier molecular flexibility index (Phi) is 15.1. The van der Waals surface area contributed by atoms with Crippen LogP contribution in [0.5, 0.6) is 0 Å². The summed E-state index contributed by atoms with van der Waals surface area (Å²) in [5.41, 5.74) is 0. The van der Waals surface area contributed by atoms with E-state index in [9.17, 15) is 0 Å². The van der Waals surface area contributed by atoms with Gasteiger partial charge in [-0.1, -0.05) is 52.7 Å². The van der Waals surface area contributed by atoms with E-state index in [1.54, 1.807) is 0 Å². The standard InChI is InChI=1S/C10H20.CH4/c1-3-5-7-9-10-8-6-4-2;/h7,9H,3-6,8,10H2,1-2H3;1H4. The number of unbranched alkanes of at least 4 members (excludes halogenated alkanes) is 4. The average Bonchev–Trinajstić information content (AvgIpc) is 1.97. The molecule has 0 N–H and O–H groups in total. The van der Waals surface area contributed by atoms with Gasteiger partial charge in [-0.05, 0) is 19.3 Å². The van der Waals surface area contributed by atoms with Crippen LogP contribution in [0.3, 0.4) is 0 Å². The van der Waals surface area contributed by atoms with E-state index in [1.165, 1.54) is 38.5 Å². The van der Waals surface area contributed by atoms with Crippen LogP contribution in [0.25, 0.3) is 0 Å². The summed E-state index contributed by atoms with van der Waals surface area (Å²) >= 11 is 0. The van der Waals surface area contributed by atoms with Gasteiger partial charge in [-0.25, -0.2) is 0 Å². The van der Waals surface area contributed by atoms with Gasteiger partial charge in [0.2, 0.25) is 0 Å². The Hall–Kier alpha value is -0.260. The molecule has 0 unspecified atom stereocenters. The fraction of sp³-hybridized carbons (Fsp3) is 0.818. The second-order valence-electron chi connectivity index (χ2n) is 2.76. The SMILES string of the molecule is C.CCCC=CCCCCC. The Bertz CT molecular complexity index is 72.1. The molecule has 0 aliphatic rings. The summed E-state index contributed by atoms with van der Waals surface area (Å²) < 4.78 is 0. The van der Waals surface area contributed by atoms with E-state index >= 15 is 0 Å². The molecular formula is C11H24. The van der Waals surface area contributed by atoms with Crippen LogP contribution in [-0.2, 0) is 0 Å². The normalized spacial score (nSPS) is 10.0. The van der Waals surface area contributed by atoms with Gasteiger partial charge < -0.3 is 0 Å². The van der Waals surface area contributed by atoms with Crippen molar-refractivity contribution in [1.82, 2.24) is 0 Å². The molecule has 0 heteroatoms. The first-order chi connectivity index (χ1) is 4.91. The monoisotopic (exact) mass is 156 g/mol. The van der Waals surface area contributed by atoms with E-state index in [-0.39, 0.29) is 7.43 Å². The van der Waals surface area contributed by atoms with Crippen molar-refractivity contribution in [3.63, 3.8) is 0 Å². The Labute approximate surface area is 72.7 Å². The molecule has 0 saturated heterocycles. The zero-order valence-electron chi connectivity index (χ0n) is 7.40. The molecular weight excluding hydrogens is 132 g/mol. The van der Waals surface area contributed by atoms with E-state index < -0.39 is 0 Å². The fourth-order valence-electron chi connectivity index (χ4n) is 0.915. The van der Waals surface area contributed by atoms with Crippen LogP contribution < -0.4 is 0 Å². The first-order valence-corrected chi connectivity index (χ1v) is 4.56. The Morgan fingerprint density at radius 2 is 1.45 bits per heavy atom. The van der Waals surface area contributed by atoms with E-state index in [1.807, 2.05) is 0 Å². The summed E-state index contributed by atoms with van der Waals surface area (Å²) in [5, 5.41) is 0. The maximum Gasteiger partial charge on any atom is -0.0351 e. The van der Waals surface area contributed by atoms with E-state index in [0.717, 1.165) is 0 Å². The quantitative estimate of drug-likeness (QED) is 0.390. The number of allylic oxidation sites excluding steroid dienone is 2. The summed E-state index contributed by atoms with van der Waals surface area (Å²) in [6.45, 7) is 4.46. The third-order valence-corrected chi connectivity index (χ3v) is 1.60. The number of hydrogen-bond acceptors (Lipinski definition) is 0. The average molecular weight is 156 g/mol. The largest absolute Gasteiger partial charge is 0.0885 e. The van der Waals surface area contributed by atoms with Crippen molar-refractivity contribution in [2.75, 3.05) is 0 Å². The van der Waals surface area contributed by atoms with Gasteiger partial charge in [-0.15, -0.1) is 0 Å². The highest BCUT2D eigenvalue weighted by molar-refractivity contribution is 4.80. The molecule has 0 aromatic heterocycles. The van der Waals surface area contributed by atoms with Crippen molar-refractivity contribution in [2.45, 2.75) is 59.8 Å². The zero-order chi connectivity index (χ0) is 7.66. The molecule has 0 saturated carbocycles. The van der Waals surface area contributed by atoms with Crippen molar-refractivity contribution in [2.24, 2.45) is 0 Å². The molecule has 0 aromatic rings. The molecule has 0 bridgehead atoms. The predicted octanol–water partition coefficient (Wildman–Crippen LogP) is 4.56. The Morgan fingerprint density at radius 1 is 0.818 bits per heavy atom. The molecule has 0 heterocycles. The van der Waals surface area contributed by atoms with Gasteiger partial charge in [0.05, 0.1) is 0 Å². The molecule has 0 aliphatic carbocycles. The van der Waals surface area contributed by atoms with Gasteiger partial charge in [0.25, 0.3) is 0 Å². The lowest BCUT2D eigenvalue weighted by atomic mass is 10.2. The van der Waals surface area contributed by atoms with Gasteiger partial charge in [0, 0.05) is 0 Å². The van der Waals surface area contributed by atoms with Gasteiger partial charge in [-0.3, -0.25) is 0 Å². The molecule has 0 aliphatic heterocycles. The second kappa shape index (κ2) is 12.4. The molecule has 0 spiro atoms. The van der Waals surface area contributed by atoms with E-state index in [0.29, 0.717) is 0 Å². The maximum atomic E-state index is 2.32. The highest BCUT2D eigenvalue weighted by Crippen LogP contribution is 2.00. The molecule has 0 amide bonds. The third kappa shape index (κ3) is 12.8. The minimum Gasteiger partial charge on any atom is -0.0885 e. The van der Waals surface area contributed by atoms with Crippen molar-refractivity contribution in [3.8, 4) is 0 Å². The van der Waals surface area contributed by atoms with Crippen LogP contribution in [0, 0.1) is 0 Å². The van der Waals surface area contributed by atoms with Crippen molar-refractivity contribution in [3.05, 3.63) is 12.2 Å². The van der Waals surface area contributed by atoms with Gasteiger partial charge >= 0.3 is 0 Å². The second-order valence-corrected chi connectivity index (χ2v) is 2.76. The molecule has 0 nitrogen and oxygen atoms in total. The molecule has 0 fully saturated rings. The molecule has 0 aromatic carbocycles. The summed E-state index contributed by atoms with van der Waals surface area (Å²) in [4.78, 5) is 0. The fourth-order valence-corrected chi connectivity index (χ4v) is 0.915. The maximum absolute atomic E-state index is 2.32. The zero-order valence-corrected chi connectivity index (χ0v) is 7.40. The van der Waals surface area contributed by atoms with Crippen LogP contribution in [0.2, 0.25) is 0 Å². The first kappa shape index (κ1) is 13.3. The van der Waals surface area contributed by atoms with Crippen LogP contribution in [0.1, 0.15) is 59.8 Å². The van der Waals surface area contributed by atoms with Gasteiger partial charge in [0.1, 0.15) is 0 Å². The van der Waals surface area contributed by atoms with Crippen molar-refractivity contribution in [1.29, 1.82) is 0 Å². The number of hydrogen-bond donors (Lipinski definition) is 0. The summed E-state index contributed by atoms with van der Waals surface area (Å²) in [5.74, 6) is 0. The first-order valence-electron chi connectivity index (χ1n) is 4.56. The Balaban J connectivity index is 0. The topological polar surface area (TPSA) is 0 Å². The van der Waals surface area contributed by atoms with Crippen LogP contribution in [0.15, 0.2) is 12.2 Å². The molecule has 68 valence electrons. The van der Waals surface area contributed by atoms with Gasteiger partial charge in [-0.2, -0.15) is 0 Å². The van der Waals surface area contributed by atoms with Crippen molar-refractivity contribution < 1.29 is 0 Å². The van der Waals surface area contributed by atoms with Crippen LogP contribution >= 0.6 is 0 Å². The molecule has 11 heavy (non-hydrogen) atoms. The lowest BCUT2D eigenvalue weighted by Gasteiger charge is -1.90. The van der Waals surface area contributed by atoms with Crippen molar-refractivity contribution >= 4 is 0 Å². The summed E-state index contributed by atoms with van der Waals surface area (Å²) in [7, 11) is 0. The smallest absolute Gasteiger partial charge is 0.0351 e. The molecule has 0 atom stereocenters. The highest BCUT2D eigenvalue weighted by atomic mass is 13.9. The predicted molar refractivity (Wildman–Crippen MR) is 54.9 cm³/mol. The lowest BCUT2D eigenvalue weighted by molar-refractivity contribution is 0.727. The lowest BCUT2D eigenvalue weighted by Crippen LogP contribution is -1.70. The molecule has 0 radical (unpaired) electrons. The van der Waals surface area contributed by atoms with Crippen LogP contribution in [0.4, 0.5) is 0 Å². The Morgan fingerprint density at radius 3 is 2.00 bits per heavy atom. The van der Waals surface area contributed by atoms with Gasteiger partial charge in [0.15, 0.2) is 0 Å².